The van der Waals surface area contributed by atoms with Crippen molar-refractivity contribution in [1.82, 2.24) is 9.88 Å². The highest BCUT2D eigenvalue weighted by Gasteiger charge is 2.29. The van der Waals surface area contributed by atoms with Crippen molar-refractivity contribution >= 4 is 22.8 Å². The van der Waals surface area contributed by atoms with E-state index in [-0.39, 0.29) is 0 Å². The van der Waals surface area contributed by atoms with Crippen LogP contribution in [-0.4, -0.2) is 42.1 Å². The molecule has 1 aliphatic heterocycles. The molecule has 2 heterocycles. The third-order valence-corrected chi connectivity index (χ3v) is 4.07. The SMILES string of the molecule is CC1CN(c2nc3c(N)cccc3o2)CC(C)N1C. The Morgan fingerprint density at radius 2 is 1.95 bits per heavy atom. The van der Waals surface area contributed by atoms with Gasteiger partial charge in [-0.1, -0.05) is 6.07 Å². The number of nitrogens with zero attached hydrogens (tertiary/aromatic N) is 3. The van der Waals surface area contributed by atoms with E-state index in [9.17, 15) is 0 Å². The summed E-state index contributed by atoms with van der Waals surface area (Å²) in [6.45, 7) is 6.29. The van der Waals surface area contributed by atoms with Gasteiger partial charge < -0.3 is 15.1 Å². The Morgan fingerprint density at radius 1 is 1.26 bits per heavy atom. The van der Waals surface area contributed by atoms with E-state index >= 15 is 0 Å². The largest absolute Gasteiger partial charge is 0.423 e. The zero-order valence-corrected chi connectivity index (χ0v) is 11.6. The predicted octanol–water partition coefficient (Wildman–Crippen LogP) is 1.94. The van der Waals surface area contributed by atoms with Gasteiger partial charge in [0.2, 0.25) is 0 Å². The van der Waals surface area contributed by atoms with Gasteiger partial charge in [-0.05, 0) is 33.0 Å². The minimum Gasteiger partial charge on any atom is -0.423 e. The van der Waals surface area contributed by atoms with E-state index in [1.54, 1.807) is 0 Å². The van der Waals surface area contributed by atoms with Crippen molar-refractivity contribution in [3.05, 3.63) is 18.2 Å². The number of para-hydroxylation sites is 1. The first-order valence-corrected chi connectivity index (χ1v) is 6.68. The maximum absolute atomic E-state index is 5.93. The first-order valence-electron chi connectivity index (χ1n) is 6.68. The van der Waals surface area contributed by atoms with E-state index in [1.165, 1.54) is 0 Å². The second-order valence-electron chi connectivity index (χ2n) is 5.46. The van der Waals surface area contributed by atoms with Crippen LogP contribution in [0.3, 0.4) is 0 Å². The van der Waals surface area contributed by atoms with Crippen molar-refractivity contribution in [2.45, 2.75) is 25.9 Å². The van der Waals surface area contributed by atoms with Crippen molar-refractivity contribution < 1.29 is 4.42 Å². The zero-order chi connectivity index (χ0) is 13.6. The Hall–Kier alpha value is -1.75. The van der Waals surface area contributed by atoms with Gasteiger partial charge in [0, 0.05) is 25.2 Å². The normalized spacial score (nSPS) is 25.1. The van der Waals surface area contributed by atoms with E-state index < -0.39 is 0 Å². The molecule has 2 unspecified atom stereocenters. The number of benzene rings is 1. The molecule has 1 fully saturated rings. The summed E-state index contributed by atoms with van der Waals surface area (Å²) in [5, 5.41) is 0. The fraction of sp³-hybridized carbons (Fsp3) is 0.500. The average molecular weight is 260 g/mol. The van der Waals surface area contributed by atoms with Gasteiger partial charge in [-0.2, -0.15) is 4.98 Å². The Kier molecular flexibility index (Phi) is 2.86. The molecule has 0 spiro atoms. The number of anilines is 2. The third-order valence-electron chi connectivity index (χ3n) is 4.07. The number of nitrogen functional groups attached to an aromatic ring is 1. The maximum atomic E-state index is 5.93. The Balaban J connectivity index is 1.94. The van der Waals surface area contributed by atoms with Gasteiger partial charge in [0.15, 0.2) is 5.58 Å². The summed E-state index contributed by atoms with van der Waals surface area (Å²) < 4.78 is 5.84. The van der Waals surface area contributed by atoms with Gasteiger partial charge in [0.1, 0.15) is 5.52 Å². The molecule has 5 nitrogen and oxygen atoms in total. The van der Waals surface area contributed by atoms with E-state index in [4.69, 9.17) is 10.2 Å². The van der Waals surface area contributed by atoms with Crippen LogP contribution in [0.15, 0.2) is 22.6 Å². The van der Waals surface area contributed by atoms with Gasteiger partial charge >= 0.3 is 0 Å². The van der Waals surface area contributed by atoms with Crippen LogP contribution in [0.2, 0.25) is 0 Å². The maximum Gasteiger partial charge on any atom is 0.298 e. The zero-order valence-electron chi connectivity index (χ0n) is 11.6. The van der Waals surface area contributed by atoms with Crippen molar-refractivity contribution in [2.75, 3.05) is 30.8 Å². The van der Waals surface area contributed by atoms with Crippen LogP contribution in [0, 0.1) is 0 Å². The molecule has 0 bridgehead atoms. The molecule has 102 valence electrons. The lowest BCUT2D eigenvalue weighted by Gasteiger charge is -2.41. The van der Waals surface area contributed by atoms with Crippen molar-refractivity contribution in [3.8, 4) is 0 Å². The molecule has 3 rings (SSSR count). The molecule has 0 amide bonds. The molecule has 0 radical (unpaired) electrons. The molecule has 5 heteroatoms. The minimum absolute atomic E-state index is 0.483. The van der Waals surface area contributed by atoms with E-state index in [2.05, 4.69) is 35.7 Å². The molecule has 2 atom stereocenters. The standard InChI is InChI=1S/C14H20N4O/c1-9-7-18(8-10(2)17(9)3)14-16-13-11(15)5-4-6-12(13)19-14/h4-6,9-10H,7-8,15H2,1-3H3. The minimum atomic E-state index is 0.483. The van der Waals surface area contributed by atoms with E-state index in [0.717, 1.165) is 24.2 Å². The second kappa shape index (κ2) is 4.42. The van der Waals surface area contributed by atoms with Gasteiger partial charge in [-0.15, -0.1) is 0 Å². The summed E-state index contributed by atoms with van der Waals surface area (Å²) >= 11 is 0. The Labute approximate surface area is 113 Å². The summed E-state index contributed by atoms with van der Waals surface area (Å²) in [4.78, 5) is 9.13. The lowest BCUT2D eigenvalue weighted by molar-refractivity contribution is 0.166. The molecule has 1 saturated heterocycles. The topological polar surface area (TPSA) is 58.5 Å². The lowest BCUT2D eigenvalue weighted by Crippen LogP contribution is -2.55. The number of rotatable bonds is 1. The molecule has 0 aliphatic carbocycles. The number of piperazine rings is 1. The molecule has 1 aromatic heterocycles. The van der Waals surface area contributed by atoms with Crippen molar-refractivity contribution in [1.29, 1.82) is 0 Å². The number of hydrogen-bond acceptors (Lipinski definition) is 5. The van der Waals surface area contributed by atoms with Crippen LogP contribution >= 0.6 is 0 Å². The molecule has 19 heavy (non-hydrogen) atoms. The summed E-state index contributed by atoms with van der Waals surface area (Å²) in [6, 6.07) is 7.29. The van der Waals surface area contributed by atoms with E-state index in [1.807, 2.05) is 18.2 Å². The van der Waals surface area contributed by atoms with Crippen molar-refractivity contribution in [3.63, 3.8) is 0 Å². The second-order valence-corrected chi connectivity index (χ2v) is 5.46. The lowest BCUT2D eigenvalue weighted by atomic mass is 10.1. The van der Waals surface area contributed by atoms with E-state index in [0.29, 0.717) is 23.8 Å². The molecular weight excluding hydrogens is 240 g/mol. The van der Waals surface area contributed by atoms with Crippen LogP contribution in [-0.2, 0) is 0 Å². The summed E-state index contributed by atoms with van der Waals surface area (Å²) in [7, 11) is 2.16. The molecule has 1 aromatic carbocycles. The molecule has 2 N–H and O–H groups in total. The monoisotopic (exact) mass is 260 g/mol. The van der Waals surface area contributed by atoms with Crippen LogP contribution in [0.4, 0.5) is 11.7 Å². The van der Waals surface area contributed by atoms with Gasteiger partial charge in [-0.25, -0.2) is 0 Å². The third kappa shape index (κ3) is 2.04. The fourth-order valence-electron chi connectivity index (χ4n) is 2.65. The number of likely N-dealkylation sites (N-methyl/N-ethyl adjacent to an activating group) is 1. The number of aromatic nitrogens is 1. The number of nitrogens with two attached hydrogens (primary N) is 1. The van der Waals surface area contributed by atoms with Gasteiger partial charge in [-0.3, -0.25) is 4.90 Å². The van der Waals surface area contributed by atoms with Gasteiger partial charge in [0.05, 0.1) is 5.69 Å². The van der Waals surface area contributed by atoms with Crippen LogP contribution in [0.1, 0.15) is 13.8 Å². The van der Waals surface area contributed by atoms with Crippen LogP contribution in [0.25, 0.3) is 11.1 Å². The summed E-state index contributed by atoms with van der Waals surface area (Å²) in [5.41, 5.74) is 8.12. The van der Waals surface area contributed by atoms with Crippen LogP contribution < -0.4 is 10.6 Å². The number of oxazole rings is 1. The highest BCUT2D eigenvalue weighted by Crippen LogP contribution is 2.28. The average Bonchev–Trinajstić information content (AvgIpc) is 2.81. The van der Waals surface area contributed by atoms with Gasteiger partial charge in [0.25, 0.3) is 6.01 Å². The molecule has 2 aromatic rings. The Bertz CT molecular complexity index is 582. The molecule has 0 saturated carbocycles. The Morgan fingerprint density at radius 3 is 2.58 bits per heavy atom. The smallest absolute Gasteiger partial charge is 0.298 e. The highest BCUT2D eigenvalue weighted by molar-refractivity contribution is 5.86. The number of hydrogen-bond donors (Lipinski definition) is 1. The number of fused-ring (bicyclic) bond motifs is 1. The fourth-order valence-corrected chi connectivity index (χ4v) is 2.65. The van der Waals surface area contributed by atoms with Crippen LogP contribution in [0.5, 0.6) is 0 Å². The summed E-state index contributed by atoms with van der Waals surface area (Å²) in [6.07, 6.45) is 0. The molecule has 1 aliphatic rings. The van der Waals surface area contributed by atoms with Crippen molar-refractivity contribution in [2.24, 2.45) is 0 Å². The molecular formula is C14H20N4O. The first kappa shape index (κ1) is 12.3. The quantitative estimate of drug-likeness (QED) is 0.794. The highest BCUT2D eigenvalue weighted by atomic mass is 16.4. The summed E-state index contributed by atoms with van der Waals surface area (Å²) in [5.74, 6) is 0. The first-order chi connectivity index (χ1) is 9.06. The predicted molar refractivity (Wildman–Crippen MR) is 77.3 cm³/mol.